The molecule has 2 atom stereocenters. The van der Waals surface area contributed by atoms with Crippen LogP contribution < -0.4 is 10.6 Å². The maximum absolute atomic E-state index is 4.45. The Balaban J connectivity index is 1.47. The topological polar surface area (TPSA) is 52.6 Å². The van der Waals surface area contributed by atoms with Crippen LogP contribution in [0.2, 0.25) is 0 Å². The monoisotopic (exact) mass is 321 g/mol. The number of aliphatic imine (C=N–C) groups is 1. The zero-order chi connectivity index (χ0) is 15.5. The molecule has 2 N–H and O–H groups in total. The number of aryl methyl sites for hydroxylation is 1. The molecule has 6 heteroatoms. The van der Waals surface area contributed by atoms with Gasteiger partial charge in [-0.15, -0.1) is 11.3 Å². The van der Waals surface area contributed by atoms with Crippen molar-refractivity contribution in [2.45, 2.75) is 64.2 Å². The molecule has 0 radical (unpaired) electrons. The molecule has 2 unspecified atom stereocenters. The molecule has 1 saturated carbocycles. The molecule has 2 fully saturated rings. The van der Waals surface area contributed by atoms with Gasteiger partial charge in [0.25, 0.3) is 0 Å². The molecule has 1 aromatic heterocycles. The van der Waals surface area contributed by atoms with Crippen LogP contribution in [0.25, 0.3) is 0 Å². The second-order valence-corrected chi connectivity index (χ2v) is 7.55. The number of likely N-dealkylation sites (tertiary alicyclic amines) is 1. The Morgan fingerprint density at radius 3 is 2.95 bits per heavy atom. The summed E-state index contributed by atoms with van der Waals surface area (Å²) in [7, 11) is 1.84. The summed E-state index contributed by atoms with van der Waals surface area (Å²) in [6.45, 7) is 6.40. The first-order valence-corrected chi connectivity index (χ1v) is 9.17. The second-order valence-electron chi connectivity index (χ2n) is 6.35. The van der Waals surface area contributed by atoms with E-state index in [2.05, 4.69) is 39.4 Å². The van der Waals surface area contributed by atoms with Gasteiger partial charge >= 0.3 is 0 Å². The number of nitrogens with one attached hydrogen (secondary N) is 2. The number of thiazole rings is 1. The normalized spacial score (nSPS) is 26.4. The average molecular weight is 321 g/mol. The summed E-state index contributed by atoms with van der Waals surface area (Å²) in [5, 5.41) is 8.09. The van der Waals surface area contributed by atoms with Crippen molar-refractivity contribution < 1.29 is 0 Å². The maximum Gasteiger partial charge on any atom is 0.191 e. The number of hydrogen-bond acceptors (Lipinski definition) is 4. The Labute approximate surface area is 137 Å². The van der Waals surface area contributed by atoms with Crippen LogP contribution in [0.5, 0.6) is 0 Å². The molecule has 2 heterocycles. The maximum atomic E-state index is 4.45. The van der Waals surface area contributed by atoms with Gasteiger partial charge in [0.1, 0.15) is 5.01 Å². The van der Waals surface area contributed by atoms with Crippen molar-refractivity contribution in [3.63, 3.8) is 0 Å². The fourth-order valence-electron chi connectivity index (χ4n) is 3.22. The van der Waals surface area contributed by atoms with E-state index in [0.717, 1.165) is 36.5 Å². The summed E-state index contributed by atoms with van der Waals surface area (Å²) in [4.78, 5) is 12.8. The highest BCUT2D eigenvalue weighted by Gasteiger charge is 2.38. The first-order chi connectivity index (χ1) is 10.7. The summed E-state index contributed by atoms with van der Waals surface area (Å²) in [6, 6.07) is 2.04. The molecule has 0 aromatic carbocycles. The Morgan fingerprint density at radius 2 is 2.32 bits per heavy atom. The van der Waals surface area contributed by atoms with Crippen molar-refractivity contribution in [1.82, 2.24) is 20.5 Å². The zero-order valence-corrected chi connectivity index (χ0v) is 14.6. The van der Waals surface area contributed by atoms with E-state index in [4.69, 9.17) is 0 Å². The van der Waals surface area contributed by atoms with Gasteiger partial charge in [-0.2, -0.15) is 0 Å². The molecule has 0 bridgehead atoms. The van der Waals surface area contributed by atoms with Crippen molar-refractivity contribution in [2.75, 3.05) is 13.6 Å². The molecule has 22 heavy (non-hydrogen) atoms. The molecule has 0 amide bonds. The highest BCUT2D eigenvalue weighted by Crippen LogP contribution is 2.33. The highest BCUT2D eigenvalue weighted by molar-refractivity contribution is 7.11. The Bertz CT molecular complexity index is 522. The lowest BCUT2D eigenvalue weighted by Crippen LogP contribution is -2.44. The minimum atomic E-state index is 0.504. The van der Waals surface area contributed by atoms with Crippen molar-refractivity contribution in [2.24, 2.45) is 4.99 Å². The van der Waals surface area contributed by atoms with Gasteiger partial charge in [0, 0.05) is 42.8 Å². The van der Waals surface area contributed by atoms with Crippen molar-refractivity contribution in [1.29, 1.82) is 0 Å². The van der Waals surface area contributed by atoms with E-state index in [-0.39, 0.29) is 0 Å². The van der Waals surface area contributed by atoms with Gasteiger partial charge in [0.2, 0.25) is 0 Å². The summed E-state index contributed by atoms with van der Waals surface area (Å²) in [6.07, 6.45) is 7.00. The third-order valence-corrected chi connectivity index (χ3v) is 5.70. The number of rotatable bonds is 5. The van der Waals surface area contributed by atoms with Gasteiger partial charge in [0.15, 0.2) is 5.96 Å². The summed E-state index contributed by atoms with van der Waals surface area (Å²) in [5.74, 6) is 0.892. The van der Waals surface area contributed by atoms with E-state index in [1.54, 1.807) is 11.3 Å². The van der Waals surface area contributed by atoms with Crippen LogP contribution in [-0.4, -0.2) is 47.6 Å². The lowest BCUT2D eigenvalue weighted by molar-refractivity contribution is 0.256. The number of guanidine groups is 1. The molecule has 5 nitrogen and oxygen atoms in total. The van der Waals surface area contributed by atoms with Gasteiger partial charge < -0.3 is 10.6 Å². The van der Waals surface area contributed by atoms with Crippen LogP contribution in [0.15, 0.2) is 11.2 Å². The third-order valence-electron chi connectivity index (χ3n) is 4.56. The molecule has 1 aromatic rings. The van der Waals surface area contributed by atoms with E-state index >= 15 is 0 Å². The highest BCUT2D eigenvalue weighted by atomic mass is 32.1. The molecule has 1 aliphatic carbocycles. The van der Waals surface area contributed by atoms with Crippen LogP contribution >= 0.6 is 11.3 Å². The molecule has 0 spiro atoms. The van der Waals surface area contributed by atoms with Gasteiger partial charge in [0.05, 0.1) is 6.54 Å². The van der Waals surface area contributed by atoms with Crippen molar-refractivity contribution in [3.8, 4) is 0 Å². The number of hydrogen-bond donors (Lipinski definition) is 2. The molecular formula is C16H27N5S. The van der Waals surface area contributed by atoms with Crippen LogP contribution in [-0.2, 0) is 13.0 Å². The van der Waals surface area contributed by atoms with E-state index in [0.29, 0.717) is 12.1 Å². The van der Waals surface area contributed by atoms with Crippen LogP contribution in [0.3, 0.4) is 0 Å². The fraction of sp³-hybridized carbons (Fsp3) is 0.750. The largest absolute Gasteiger partial charge is 0.352 e. The van der Waals surface area contributed by atoms with Crippen molar-refractivity contribution >= 4 is 17.3 Å². The Morgan fingerprint density at radius 1 is 1.50 bits per heavy atom. The molecule has 1 saturated heterocycles. The Kier molecular flexibility index (Phi) is 4.98. The summed E-state index contributed by atoms with van der Waals surface area (Å²) in [5.41, 5.74) is 0. The predicted octanol–water partition coefficient (Wildman–Crippen LogP) is 2.00. The van der Waals surface area contributed by atoms with E-state index in [1.165, 1.54) is 24.1 Å². The molecular weight excluding hydrogens is 294 g/mol. The molecule has 122 valence electrons. The lowest BCUT2D eigenvalue weighted by Gasteiger charge is -2.20. The third kappa shape index (κ3) is 3.79. The first kappa shape index (κ1) is 15.7. The summed E-state index contributed by atoms with van der Waals surface area (Å²) < 4.78 is 0. The van der Waals surface area contributed by atoms with E-state index < -0.39 is 0 Å². The molecule has 1 aliphatic heterocycles. The SMILES string of the molecule is CCc1cnc(CNC(=NC)NC2CC(C)N(C3CC3)C2)s1. The van der Waals surface area contributed by atoms with Gasteiger partial charge in [-0.05, 0) is 32.6 Å². The molecule has 2 aliphatic rings. The quantitative estimate of drug-likeness (QED) is 0.643. The lowest BCUT2D eigenvalue weighted by atomic mass is 10.2. The number of nitrogens with zero attached hydrogens (tertiary/aromatic N) is 3. The first-order valence-electron chi connectivity index (χ1n) is 8.36. The van der Waals surface area contributed by atoms with Crippen LogP contribution in [0.4, 0.5) is 0 Å². The van der Waals surface area contributed by atoms with Crippen LogP contribution in [0, 0.1) is 0 Å². The molecule has 3 rings (SSSR count). The minimum absolute atomic E-state index is 0.504. The van der Waals surface area contributed by atoms with Gasteiger partial charge in [-0.25, -0.2) is 4.98 Å². The predicted molar refractivity (Wildman–Crippen MR) is 92.4 cm³/mol. The standard InChI is InChI=1S/C16H27N5S/c1-4-14-8-18-15(22-14)9-19-16(17-3)20-12-7-11(2)21(10-12)13-5-6-13/h8,11-13H,4-7,9-10H2,1-3H3,(H2,17,19,20). The fourth-order valence-corrected chi connectivity index (χ4v) is 4.02. The van der Waals surface area contributed by atoms with E-state index in [9.17, 15) is 0 Å². The summed E-state index contributed by atoms with van der Waals surface area (Å²) >= 11 is 1.78. The Hall–Kier alpha value is -1.14. The van der Waals surface area contributed by atoms with Crippen molar-refractivity contribution in [3.05, 3.63) is 16.1 Å². The van der Waals surface area contributed by atoms with Crippen LogP contribution in [0.1, 0.15) is 43.0 Å². The van der Waals surface area contributed by atoms with Gasteiger partial charge in [-0.3, -0.25) is 9.89 Å². The number of aromatic nitrogens is 1. The minimum Gasteiger partial charge on any atom is -0.352 e. The average Bonchev–Trinajstić information content (AvgIpc) is 3.14. The smallest absolute Gasteiger partial charge is 0.191 e. The second kappa shape index (κ2) is 6.96. The van der Waals surface area contributed by atoms with E-state index in [1.807, 2.05) is 13.2 Å². The van der Waals surface area contributed by atoms with Gasteiger partial charge in [-0.1, -0.05) is 6.92 Å². The zero-order valence-electron chi connectivity index (χ0n) is 13.8.